The van der Waals surface area contributed by atoms with Crippen LogP contribution in [0.1, 0.15) is 36.8 Å². The van der Waals surface area contributed by atoms with Crippen LogP contribution in [0.25, 0.3) is 0 Å². The van der Waals surface area contributed by atoms with Crippen molar-refractivity contribution < 1.29 is 13.9 Å². The van der Waals surface area contributed by atoms with Crippen LogP contribution in [0.15, 0.2) is 6.07 Å². The normalized spacial score (nSPS) is 17.5. The first-order chi connectivity index (χ1) is 9.09. The number of aryl methyl sites for hydroxylation is 1. The van der Waals surface area contributed by atoms with Crippen LogP contribution in [0.4, 0.5) is 4.39 Å². The molecule has 2 rings (SSSR count). The largest absolute Gasteiger partial charge is 0.492 e. The number of benzene rings is 1. The van der Waals surface area contributed by atoms with Crippen molar-refractivity contribution in [1.82, 2.24) is 0 Å². The highest BCUT2D eigenvalue weighted by molar-refractivity contribution is 5.55. The van der Waals surface area contributed by atoms with Crippen molar-refractivity contribution >= 4 is 0 Å². The Bertz CT molecular complexity index is 468. The zero-order valence-corrected chi connectivity index (χ0v) is 11.9. The number of nitrogens with two attached hydrogens (primary N) is 1. The van der Waals surface area contributed by atoms with Gasteiger partial charge in [-0.3, -0.25) is 0 Å². The van der Waals surface area contributed by atoms with Gasteiger partial charge in [0.15, 0.2) is 17.3 Å². The van der Waals surface area contributed by atoms with E-state index in [4.69, 9.17) is 15.2 Å². The van der Waals surface area contributed by atoms with E-state index in [0.29, 0.717) is 12.3 Å². The molecule has 0 spiro atoms. The van der Waals surface area contributed by atoms with Gasteiger partial charge < -0.3 is 15.2 Å². The highest BCUT2D eigenvalue weighted by atomic mass is 19.1. The van der Waals surface area contributed by atoms with Crippen molar-refractivity contribution in [2.24, 2.45) is 5.73 Å². The average Bonchev–Trinajstić information content (AvgIpc) is 2.87. The van der Waals surface area contributed by atoms with Gasteiger partial charge in [-0.25, -0.2) is 4.39 Å². The van der Waals surface area contributed by atoms with Gasteiger partial charge in [0.2, 0.25) is 0 Å². The molecule has 1 aromatic rings. The quantitative estimate of drug-likeness (QED) is 0.912. The van der Waals surface area contributed by atoms with Crippen molar-refractivity contribution in [3.63, 3.8) is 0 Å². The molecule has 0 heterocycles. The molecule has 0 atom stereocenters. The molecule has 0 bridgehead atoms. The SMILES string of the molecule is COc1c(F)cc(C)c(C2(CN)CCCC2)c1OC. The summed E-state index contributed by atoms with van der Waals surface area (Å²) in [6.45, 7) is 2.47. The van der Waals surface area contributed by atoms with Gasteiger partial charge in [-0.05, 0) is 31.4 Å². The van der Waals surface area contributed by atoms with Gasteiger partial charge in [-0.2, -0.15) is 0 Å². The van der Waals surface area contributed by atoms with Crippen molar-refractivity contribution in [2.75, 3.05) is 20.8 Å². The lowest BCUT2D eigenvalue weighted by atomic mass is 9.76. The monoisotopic (exact) mass is 267 g/mol. The number of methoxy groups -OCH3 is 2. The molecule has 0 unspecified atom stereocenters. The maximum atomic E-state index is 14.0. The zero-order chi connectivity index (χ0) is 14.0. The molecule has 0 saturated heterocycles. The Morgan fingerprint density at radius 3 is 2.26 bits per heavy atom. The number of hydrogen-bond acceptors (Lipinski definition) is 3. The maximum Gasteiger partial charge on any atom is 0.197 e. The van der Waals surface area contributed by atoms with Crippen LogP contribution in [-0.4, -0.2) is 20.8 Å². The zero-order valence-electron chi connectivity index (χ0n) is 11.9. The summed E-state index contributed by atoms with van der Waals surface area (Å²) < 4.78 is 24.6. The first kappa shape index (κ1) is 14.1. The number of ether oxygens (including phenoxy) is 2. The van der Waals surface area contributed by atoms with Gasteiger partial charge in [0, 0.05) is 17.5 Å². The first-order valence-corrected chi connectivity index (χ1v) is 6.71. The lowest BCUT2D eigenvalue weighted by Crippen LogP contribution is -2.33. The van der Waals surface area contributed by atoms with Crippen LogP contribution in [0, 0.1) is 12.7 Å². The molecule has 0 aromatic heterocycles. The van der Waals surface area contributed by atoms with Gasteiger partial charge >= 0.3 is 0 Å². The molecule has 0 amide bonds. The fraction of sp³-hybridized carbons (Fsp3) is 0.600. The smallest absolute Gasteiger partial charge is 0.197 e. The second kappa shape index (κ2) is 5.37. The van der Waals surface area contributed by atoms with E-state index in [9.17, 15) is 4.39 Å². The summed E-state index contributed by atoms with van der Waals surface area (Å²) in [5.74, 6) is 0.306. The summed E-state index contributed by atoms with van der Waals surface area (Å²) in [7, 11) is 3.02. The topological polar surface area (TPSA) is 44.5 Å². The molecule has 4 heteroatoms. The molecule has 1 aliphatic rings. The lowest BCUT2D eigenvalue weighted by molar-refractivity contribution is 0.321. The highest BCUT2D eigenvalue weighted by Gasteiger charge is 2.39. The molecule has 2 N–H and O–H groups in total. The minimum Gasteiger partial charge on any atom is -0.492 e. The third-order valence-electron chi connectivity index (χ3n) is 4.28. The van der Waals surface area contributed by atoms with Crippen LogP contribution >= 0.6 is 0 Å². The Morgan fingerprint density at radius 1 is 1.21 bits per heavy atom. The second-order valence-corrected chi connectivity index (χ2v) is 5.31. The van der Waals surface area contributed by atoms with Crippen LogP contribution in [0.2, 0.25) is 0 Å². The van der Waals surface area contributed by atoms with Crippen LogP contribution in [0.3, 0.4) is 0 Å². The fourth-order valence-corrected chi connectivity index (χ4v) is 3.38. The molecule has 1 fully saturated rings. The Balaban J connectivity index is 2.67. The van der Waals surface area contributed by atoms with Crippen molar-refractivity contribution in [2.45, 2.75) is 38.0 Å². The van der Waals surface area contributed by atoms with E-state index in [1.165, 1.54) is 13.2 Å². The van der Waals surface area contributed by atoms with Crippen molar-refractivity contribution in [3.8, 4) is 11.5 Å². The van der Waals surface area contributed by atoms with Gasteiger partial charge in [-0.1, -0.05) is 12.8 Å². The van der Waals surface area contributed by atoms with E-state index < -0.39 is 0 Å². The van der Waals surface area contributed by atoms with E-state index in [0.717, 1.165) is 36.8 Å². The Labute approximate surface area is 113 Å². The van der Waals surface area contributed by atoms with E-state index in [-0.39, 0.29) is 17.0 Å². The lowest BCUT2D eigenvalue weighted by Gasteiger charge is -2.32. The Morgan fingerprint density at radius 2 is 1.79 bits per heavy atom. The third kappa shape index (κ3) is 2.18. The Kier molecular flexibility index (Phi) is 3.99. The molecule has 3 nitrogen and oxygen atoms in total. The molecular formula is C15H22FNO2. The summed E-state index contributed by atoms with van der Waals surface area (Å²) >= 11 is 0. The summed E-state index contributed by atoms with van der Waals surface area (Å²) in [5, 5.41) is 0. The van der Waals surface area contributed by atoms with Gasteiger partial charge in [0.1, 0.15) is 0 Å². The number of hydrogen-bond donors (Lipinski definition) is 1. The van der Waals surface area contributed by atoms with E-state index >= 15 is 0 Å². The maximum absolute atomic E-state index is 14.0. The fourth-order valence-electron chi connectivity index (χ4n) is 3.38. The standard InChI is InChI=1S/C15H22FNO2/c1-10-8-11(16)13(18-2)14(19-3)12(10)15(9-17)6-4-5-7-15/h8H,4-7,9,17H2,1-3H3. The highest BCUT2D eigenvalue weighted by Crippen LogP contribution is 2.49. The minimum atomic E-state index is -0.384. The van der Waals surface area contributed by atoms with E-state index in [2.05, 4.69) is 0 Å². The minimum absolute atomic E-state index is 0.101. The summed E-state index contributed by atoms with van der Waals surface area (Å²) in [5.41, 5.74) is 7.84. The molecule has 106 valence electrons. The predicted molar refractivity (Wildman–Crippen MR) is 73.4 cm³/mol. The van der Waals surface area contributed by atoms with Crippen molar-refractivity contribution in [3.05, 3.63) is 23.0 Å². The third-order valence-corrected chi connectivity index (χ3v) is 4.28. The molecule has 1 saturated carbocycles. The van der Waals surface area contributed by atoms with Crippen LogP contribution in [-0.2, 0) is 5.41 Å². The van der Waals surface area contributed by atoms with Gasteiger partial charge in [0.25, 0.3) is 0 Å². The first-order valence-electron chi connectivity index (χ1n) is 6.71. The molecule has 0 aliphatic heterocycles. The Hall–Kier alpha value is -1.29. The molecule has 0 radical (unpaired) electrons. The molecular weight excluding hydrogens is 245 g/mol. The summed E-state index contributed by atoms with van der Waals surface area (Å²) in [4.78, 5) is 0. The molecule has 19 heavy (non-hydrogen) atoms. The summed E-state index contributed by atoms with van der Waals surface area (Å²) in [6, 6.07) is 1.52. The molecule has 1 aliphatic carbocycles. The van der Waals surface area contributed by atoms with Gasteiger partial charge in [0.05, 0.1) is 14.2 Å². The van der Waals surface area contributed by atoms with Crippen LogP contribution < -0.4 is 15.2 Å². The van der Waals surface area contributed by atoms with E-state index in [1.807, 2.05) is 6.92 Å². The van der Waals surface area contributed by atoms with Gasteiger partial charge in [-0.15, -0.1) is 0 Å². The van der Waals surface area contributed by atoms with E-state index in [1.54, 1.807) is 7.11 Å². The predicted octanol–water partition coefficient (Wildman–Crippen LogP) is 2.92. The van der Waals surface area contributed by atoms with Crippen LogP contribution in [0.5, 0.6) is 11.5 Å². The average molecular weight is 267 g/mol. The number of rotatable bonds is 4. The molecule has 1 aromatic carbocycles. The summed E-state index contributed by atoms with van der Waals surface area (Å²) in [6.07, 6.45) is 4.35. The van der Waals surface area contributed by atoms with Crippen molar-refractivity contribution in [1.29, 1.82) is 0 Å². The number of halogens is 1. The second-order valence-electron chi connectivity index (χ2n) is 5.31.